The van der Waals surface area contributed by atoms with E-state index in [4.69, 9.17) is 0 Å². The quantitative estimate of drug-likeness (QED) is 0.641. The standard InChI is InChI=1S/C15H18O3/c1-12(15(17)18-2)8-10-14(16)11-9-13-6-4-3-5-7-13/h3-9,11,14,16H,10H2,1-2H3/b11-9+,12-8+/t14-/m1/s1. The Morgan fingerprint density at radius 2 is 2.06 bits per heavy atom. The number of aliphatic hydroxyl groups excluding tert-OH is 1. The fraction of sp³-hybridized carbons (Fsp3) is 0.267. The lowest BCUT2D eigenvalue weighted by Gasteiger charge is -2.03. The summed E-state index contributed by atoms with van der Waals surface area (Å²) in [5.41, 5.74) is 1.54. The van der Waals surface area contributed by atoms with Crippen molar-refractivity contribution in [3.05, 3.63) is 53.6 Å². The fourth-order valence-corrected chi connectivity index (χ4v) is 1.41. The monoisotopic (exact) mass is 246 g/mol. The first-order valence-corrected chi connectivity index (χ1v) is 5.80. The Labute approximate surface area is 107 Å². The molecule has 1 aromatic carbocycles. The van der Waals surface area contributed by atoms with E-state index >= 15 is 0 Å². The van der Waals surface area contributed by atoms with Crippen molar-refractivity contribution in [2.24, 2.45) is 0 Å². The van der Waals surface area contributed by atoms with Gasteiger partial charge in [-0.1, -0.05) is 48.6 Å². The Kier molecular flexibility index (Phi) is 5.88. The summed E-state index contributed by atoms with van der Waals surface area (Å²) in [4.78, 5) is 11.1. The molecular weight excluding hydrogens is 228 g/mol. The van der Waals surface area contributed by atoms with Gasteiger partial charge in [0, 0.05) is 5.57 Å². The summed E-state index contributed by atoms with van der Waals surface area (Å²) >= 11 is 0. The second kappa shape index (κ2) is 7.45. The molecule has 0 aromatic heterocycles. The van der Waals surface area contributed by atoms with Gasteiger partial charge < -0.3 is 9.84 Å². The van der Waals surface area contributed by atoms with Crippen LogP contribution in [0.3, 0.4) is 0 Å². The third kappa shape index (κ3) is 4.97. The van der Waals surface area contributed by atoms with E-state index in [1.54, 1.807) is 19.1 Å². The highest BCUT2D eigenvalue weighted by Gasteiger charge is 2.03. The maximum atomic E-state index is 11.1. The number of methoxy groups -OCH3 is 1. The second-order valence-electron chi connectivity index (χ2n) is 3.95. The molecule has 1 atom stereocenters. The van der Waals surface area contributed by atoms with E-state index in [1.807, 2.05) is 36.4 Å². The molecule has 3 nitrogen and oxygen atoms in total. The number of carbonyl (C=O) groups is 1. The molecule has 18 heavy (non-hydrogen) atoms. The fourth-order valence-electron chi connectivity index (χ4n) is 1.41. The highest BCUT2D eigenvalue weighted by Crippen LogP contribution is 2.06. The zero-order valence-electron chi connectivity index (χ0n) is 10.7. The summed E-state index contributed by atoms with van der Waals surface area (Å²) < 4.78 is 4.57. The molecule has 0 radical (unpaired) electrons. The van der Waals surface area contributed by atoms with Crippen LogP contribution in [0.2, 0.25) is 0 Å². The zero-order chi connectivity index (χ0) is 13.4. The molecule has 0 heterocycles. The number of ether oxygens (including phenoxy) is 1. The van der Waals surface area contributed by atoms with Gasteiger partial charge in [0.2, 0.25) is 0 Å². The van der Waals surface area contributed by atoms with Gasteiger partial charge in [0.25, 0.3) is 0 Å². The average Bonchev–Trinajstić information content (AvgIpc) is 2.42. The van der Waals surface area contributed by atoms with Crippen LogP contribution in [0.5, 0.6) is 0 Å². The summed E-state index contributed by atoms with van der Waals surface area (Å²) in [6.07, 6.45) is 5.02. The molecule has 0 aliphatic carbocycles. The van der Waals surface area contributed by atoms with Crippen LogP contribution >= 0.6 is 0 Å². The molecule has 3 heteroatoms. The molecule has 0 saturated carbocycles. The molecule has 1 N–H and O–H groups in total. The van der Waals surface area contributed by atoms with E-state index in [-0.39, 0.29) is 5.97 Å². The molecule has 0 aliphatic heterocycles. The van der Waals surface area contributed by atoms with Crippen molar-refractivity contribution < 1.29 is 14.6 Å². The van der Waals surface area contributed by atoms with E-state index in [2.05, 4.69) is 4.74 Å². The number of rotatable bonds is 5. The van der Waals surface area contributed by atoms with Crippen molar-refractivity contribution in [3.8, 4) is 0 Å². The molecule has 0 aliphatic rings. The Morgan fingerprint density at radius 3 is 2.67 bits per heavy atom. The van der Waals surface area contributed by atoms with Crippen LogP contribution < -0.4 is 0 Å². The summed E-state index contributed by atoms with van der Waals surface area (Å²) in [6.45, 7) is 1.67. The average molecular weight is 246 g/mol. The SMILES string of the molecule is COC(=O)/C(C)=C/C[C@@H](O)/C=C/c1ccccc1. The summed E-state index contributed by atoms with van der Waals surface area (Å²) in [7, 11) is 1.34. The predicted molar refractivity (Wildman–Crippen MR) is 71.9 cm³/mol. The van der Waals surface area contributed by atoms with Gasteiger partial charge in [-0.25, -0.2) is 4.79 Å². The van der Waals surface area contributed by atoms with Gasteiger partial charge >= 0.3 is 5.97 Å². The number of esters is 1. The Bertz CT molecular complexity index is 432. The first kappa shape index (κ1) is 14.2. The number of hydrogen-bond donors (Lipinski definition) is 1. The van der Waals surface area contributed by atoms with Gasteiger partial charge in [0.05, 0.1) is 13.2 Å². The molecule has 0 fully saturated rings. The molecule has 0 spiro atoms. The highest BCUT2D eigenvalue weighted by molar-refractivity contribution is 5.87. The van der Waals surface area contributed by atoms with Crippen LogP contribution in [-0.2, 0) is 9.53 Å². The number of benzene rings is 1. The number of carbonyl (C=O) groups excluding carboxylic acids is 1. The second-order valence-corrected chi connectivity index (χ2v) is 3.95. The summed E-state index contributed by atoms with van der Waals surface area (Å²) in [6, 6.07) is 9.73. The van der Waals surface area contributed by atoms with Crippen LogP contribution in [0.25, 0.3) is 6.08 Å². The highest BCUT2D eigenvalue weighted by atomic mass is 16.5. The molecular formula is C15H18O3. The largest absolute Gasteiger partial charge is 0.466 e. The summed E-state index contributed by atoms with van der Waals surface area (Å²) in [5.74, 6) is -0.366. The summed E-state index contributed by atoms with van der Waals surface area (Å²) in [5, 5.41) is 9.73. The normalized spacial score (nSPS) is 13.6. The zero-order valence-corrected chi connectivity index (χ0v) is 10.7. The van der Waals surface area contributed by atoms with Crippen LogP contribution in [0.1, 0.15) is 18.9 Å². The Hall–Kier alpha value is -1.87. The van der Waals surface area contributed by atoms with E-state index in [1.165, 1.54) is 7.11 Å². The lowest BCUT2D eigenvalue weighted by Crippen LogP contribution is -2.04. The number of hydrogen-bond acceptors (Lipinski definition) is 3. The van der Waals surface area contributed by atoms with E-state index < -0.39 is 6.10 Å². The van der Waals surface area contributed by atoms with E-state index in [0.29, 0.717) is 12.0 Å². The molecule has 0 saturated heterocycles. The predicted octanol–water partition coefficient (Wildman–Crippen LogP) is 2.57. The topological polar surface area (TPSA) is 46.5 Å². The molecule has 1 rings (SSSR count). The third-order valence-corrected chi connectivity index (χ3v) is 2.48. The van der Waals surface area contributed by atoms with Gasteiger partial charge in [0.15, 0.2) is 0 Å². The molecule has 0 unspecified atom stereocenters. The van der Waals surface area contributed by atoms with Gasteiger partial charge in [-0.15, -0.1) is 0 Å². The maximum Gasteiger partial charge on any atom is 0.333 e. The first-order valence-electron chi connectivity index (χ1n) is 5.80. The Morgan fingerprint density at radius 1 is 1.39 bits per heavy atom. The lowest BCUT2D eigenvalue weighted by molar-refractivity contribution is -0.136. The van der Waals surface area contributed by atoms with Crippen LogP contribution in [-0.4, -0.2) is 24.3 Å². The van der Waals surface area contributed by atoms with Crippen LogP contribution in [0.4, 0.5) is 0 Å². The lowest BCUT2D eigenvalue weighted by atomic mass is 10.1. The molecule has 0 bridgehead atoms. The van der Waals surface area contributed by atoms with Crippen molar-refractivity contribution in [1.29, 1.82) is 0 Å². The van der Waals surface area contributed by atoms with Crippen molar-refractivity contribution >= 4 is 12.0 Å². The van der Waals surface area contributed by atoms with Gasteiger partial charge in [-0.05, 0) is 18.9 Å². The molecule has 96 valence electrons. The first-order chi connectivity index (χ1) is 8.63. The van der Waals surface area contributed by atoms with E-state index in [0.717, 1.165) is 5.56 Å². The van der Waals surface area contributed by atoms with Crippen molar-refractivity contribution in [3.63, 3.8) is 0 Å². The minimum Gasteiger partial charge on any atom is -0.466 e. The van der Waals surface area contributed by atoms with Gasteiger partial charge in [-0.2, -0.15) is 0 Å². The van der Waals surface area contributed by atoms with Crippen molar-refractivity contribution in [2.45, 2.75) is 19.4 Å². The Balaban J connectivity index is 2.50. The van der Waals surface area contributed by atoms with Crippen LogP contribution in [0, 0.1) is 0 Å². The molecule has 0 amide bonds. The van der Waals surface area contributed by atoms with Crippen molar-refractivity contribution in [1.82, 2.24) is 0 Å². The minimum absolute atomic E-state index is 0.366. The van der Waals surface area contributed by atoms with Crippen molar-refractivity contribution in [2.75, 3.05) is 7.11 Å². The van der Waals surface area contributed by atoms with E-state index in [9.17, 15) is 9.90 Å². The van der Waals surface area contributed by atoms with Gasteiger partial charge in [0.1, 0.15) is 0 Å². The van der Waals surface area contributed by atoms with Gasteiger partial charge in [-0.3, -0.25) is 0 Å². The smallest absolute Gasteiger partial charge is 0.333 e. The third-order valence-electron chi connectivity index (χ3n) is 2.48. The minimum atomic E-state index is -0.607. The molecule has 1 aromatic rings. The van der Waals surface area contributed by atoms with Crippen LogP contribution in [0.15, 0.2) is 48.1 Å². The number of aliphatic hydroxyl groups is 1. The maximum absolute atomic E-state index is 11.1.